The minimum absolute atomic E-state index is 0.375. The molecular weight excluding hydrogens is 178 g/mol. The summed E-state index contributed by atoms with van der Waals surface area (Å²) in [5, 5.41) is 0. The van der Waals surface area contributed by atoms with Gasteiger partial charge in [-0.2, -0.15) is 0 Å². The van der Waals surface area contributed by atoms with Crippen LogP contribution in [-0.4, -0.2) is 18.7 Å². The van der Waals surface area contributed by atoms with Crippen LogP contribution >= 0.6 is 0 Å². The first-order chi connectivity index (χ1) is 6.66. The van der Waals surface area contributed by atoms with Crippen LogP contribution in [-0.2, 0) is 11.2 Å². The first kappa shape index (κ1) is 8.94. The Morgan fingerprint density at radius 2 is 2.00 bits per heavy atom. The standard InChI is InChI=1S/C11H11NO2/c1-3-7-5-4-6-8-9(7)10(13)11(14)12(8)2/h4-6H,3H2,1-2H3. The lowest BCUT2D eigenvalue weighted by molar-refractivity contribution is -0.114. The van der Waals surface area contributed by atoms with Gasteiger partial charge in [-0.15, -0.1) is 0 Å². The molecular formula is C11H11NO2. The lowest BCUT2D eigenvalue weighted by Gasteiger charge is -2.08. The van der Waals surface area contributed by atoms with Gasteiger partial charge in [0.25, 0.3) is 11.7 Å². The Balaban J connectivity index is 2.69. The van der Waals surface area contributed by atoms with E-state index in [4.69, 9.17) is 0 Å². The van der Waals surface area contributed by atoms with E-state index in [1.165, 1.54) is 4.90 Å². The normalized spacial score (nSPS) is 14.9. The molecule has 14 heavy (non-hydrogen) atoms. The molecule has 0 atom stereocenters. The summed E-state index contributed by atoms with van der Waals surface area (Å²) in [6, 6.07) is 5.57. The Labute approximate surface area is 82.3 Å². The molecule has 0 saturated carbocycles. The van der Waals surface area contributed by atoms with Crippen LogP contribution in [0.3, 0.4) is 0 Å². The molecule has 1 amide bonds. The van der Waals surface area contributed by atoms with Crippen LogP contribution < -0.4 is 4.90 Å². The monoisotopic (exact) mass is 189 g/mol. The third-order valence-corrected chi connectivity index (χ3v) is 2.60. The van der Waals surface area contributed by atoms with Crippen LogP contribution in [0.1, 0.15) is 22.8 Å². The number of likely N-dealkylation sites (N-methyl/N-ethyl adjacent to an activating group) is 1. The van der Waals surface area contributed by atoms with Gasteiger partial charge in [-0.3, -0.25) is 9.59 Å². The van der Waals surface area contributed by atoms with Gasteiger partial charge in [0.2, 0.25) is 0 Å². The number of benzene rings is 1. The molecule has 1 aliphatic rings. The van der Waals surface area contributed by atoms with Crippen molar-refractivity contribution in [2.45, 2.75) is 13.3 Å². The van der Waals surface area contributed by atoms with Gasteiger partial charge in [0.15, 0.2) is 0 Å². The fraction of sp³-hybridized carbons (Fsp3) is 0.273. The minimum atomic E-state index is -0.430. The number of hydrogen-bond acceptors (Lipinski definition) is 2. The number of hydrogen-bond donors (Lipinski definition) is 0. The fourth-order valence-corrected chi connectivity index (χ4v) is 1.79. The molecule has 1 heterocycles. The van der Waals surface area contributed by atoms with Gasteiger partial charge in [-0.05, 0) is 18.1 Å². The van der Waals surface area contributed by atoms with Gasteiger partial charge in [-0.1, -0.05) is 19.1 Å². The summed E-state index contributed by atoms with van der Waals surface area (Å²) in [6.45, 7) is 1.98. The Bertz CT molecular complexity index is 423. The number of nitrogens with zero attached hydrogens (tertiary/aromatic N) is 1. The number of carbonyl (C=O) groups excluding carboxylic acids is 2. The van der Waals surface area contributed by atoms with Crippen molar-refractivity contribution < 1.29 is 9.59 Å². The van der Waals surface area contributed by atoms with Crippen LogP contribution in [0.15, 0.2) is 18.2 Å². The topological polar surface area (TPSA) is 37.4 Å². The van der Waals surface area contributed by atoms with Gasteiger partial charge in [0.1, 0.15) is 0 Å². The smallest absolute Gasteiger partial charge is 0.299 e. The van der Waals surface area contributed by atoms with Crippen LogP contribution in [0.5, 0.6) is 0 Å². The summed E-state index contributed by atoms with van der Waals surface area (Å²) in [5.74, 6) is -0.805. The van der Waals surface area contributed by atoms with E-state index in [1.54, 1.807) is 13.1 Å². The quantitative estimate of drug-likeness (QED) is 0.626. The molecule has 2 rings (SSSR count). The second-order valence-electron chi connectivity index (χ2n) is 3.36. The maximum absolute atomic E-state index is 11.6. The first-order valence-corrected chi connectivity index (χ1v) is 4.61. The summed E-state index contributed by atoms with van der Waals surface area (Å²) in [7, 11) is 1.63. The number of fused-ring (bicyclic) bond motifs is 1. The fourth-order valence-electron chi connectivity index (χ4n) is 1.79. The Morgan fingerprint density at radius 1 is 1.29 bits per heavy atom. The van der Waals surface area contributed by atoms with Gasteiger partial charge in [0.05, 0.1) is 11.3 Å². The van der Waals surface area contributed by atoms with E-state index in [-0.39, 0.29) is 5.78 Å². The van der Waals surface area contributed by atoms with Crippen molar-refractivity contribution >= 4 is 17.4 Å². The average Bonchev–Trinajstić information content (AvgIpc) is 2.44. The maximum Gasteiger partial charge on any atom is 0.299 e. The summed E-state index contributed by atoms with van der Waals surface area (Å²) in [4.78, 5) is 24.4. The van der Waals surface area contributed by atoms with Crippen LogP contribution in [0.2, 0.25) is 0 Å². The summed E-state index contributed by atoms with van der Waals surface area (Å²) >= 11 is 0. The average molecular weight is 189 g/mol. The molecule has 0 spiro atoms. The first-order valence-electron chi connectivity index (χ1n) is 4.61. The molecule has 0 unspecified atom stereocenters. The number of rotatable bonds is 1. The van der Waals surface area contributed by atoms with Crippen molar-refractivity contribution in [3.63, 3.8) is 0 Å². The highest BCUT2D eigenvalue weighted by molar-refractivity contribution is 6.52. The van der Waals surface area contributed by atoms with Gasteiger partial charge in [0, 0.05) is 7.05 Å². The largest absolute Gasteiger partial charge is 0.308 e. The van der Waals surface area contributed by atoms with E-state index >= 15 is 0 Å². The van der Waals surface area contributed by atoms with Gasteiger partial charge < -0.3 is 4.90 Å². The predicted molar refractivity (Wildman–Crippen MR) is 53.6 cm³/mol. The zero-order valence-corrected chi connectivity index (χ0v) is 8.20. The Kier molecular flexibility index (Phi) is 1.88. The molecule has 3 heteroatoms. The summed E-state index contributed by atoms with van der Waals surface area (Å²) < 4.78 is 0. The van der Waals surface area contributed by atoms with Crippen molar-refractivity contribution in [3.8, 4) is 0 Å². The number of carbonyl (C=O) groups is 2. The van der Waals surface area contributed by atoms with Crippen LogP contribution in [0.25, 0.3) is 0 Å². The van der Waals surface area contributed by atoms with E-state index in [9.17, 15) is 9.59 Å². The molecule has 0 radical (unpaired) electrons. The van der Waals surface area contributed by atoms with Crippen molar-refractivity contribution in [2.75, 3.05) is 11.9 Å². The molecule has 1 aromatic rings. The molecule has 72 valence electrons. The summed E-state index contributed by atoms with van der Waals surface area (Å²) in [6.07, 6.45) is 0.774. The molecule has 0 aromatic heterocycles. The third-order valence-electron chi connectivity index (χ3n) is 2.60. The molecule has 0 aliphatic carbocycles. The molecule has 3 nitrogen and oxygen atoms in total. The van der Waals surface area contributed by atoms with E-state index in [2.05, 4.69) is 0 Å². The van der Waals surface area contributed by atoms with E-state index in [1.807, 2.05) is 19.1 Å². The Hall–Kier alpha value is -1.64. The molecule has 0 bridgehead atoms. The highest BCUT2D eigenvalue weighted by Crippen LogP contribution is 2.30. The maximum atomic E-state index is 11.6. The van der Waals surface area contributed by atoms with Gasteiger partial charge in [-0.25, -0.2) is 0 Å². The molecule has 1 aromatic carbocycles. The van der Waals surface area contributed by atoms with Crippen molar-refractivity contribution in [1.29, 1.82) is 0 Å². The van der Waals surface area contributed by atoms with Crippen LogP contribution in [0, 0.1) is 0 Å². The van der Waals surface area contributed by atoms with Crippen molar-refractivity contribution in [2.24, 2.45) is 0 Å². The molecule has 1 aliphatic heterocycles. The Morgan fingerprint density at radius 3 is 2.64 bits per heavy atom. The number of anilines is 1. The van der Waals surface area contributed by atoms with Crippen molar-refractivity contribution in [3.05, 3.63) is 29.3 Å². The zero-order valence-electron chi connectivity index (χ0n) is 8.20. The highest BCUT2D eigenvalue weighted by atomic mass is 16.2. The van der Waals surface area contributed by atoms with E-state index in [0.717, 1.165) is 17.7 Å². The highest BCUT2D eigenvalue weighted by Gasteiger charge is 2.34. The minimum Gasteiger partial charge on any atom is -0.308 e. The molecule has 0 N–H and O–H groups in total. The second kappa shape index (κ2) is 2.94. The zero-order chi connectivity index (χ0) is 10.3. The number of ketones is 1. The number of aryl methyl sites for hydroxylation is 1. The summed E-state index contributed by atoms with van der Waals surface area (Å²) in [5.41, 5.74) is 2.27. The third kappa shape index (κ3) is 0.985. The molecule has 0 fully saturated rings. The number of Topliss-reactive ketones (excluding diaryl/α,β-unsaturated/α-hetero) is 1. The lowest BCUT2D eigenvalue weighted by Crippen LogP contribution is -2.24. The lowest BCUT2D eigenvalue weighted by atomic mass is 10.0. The van der Waals surface area contributed by atoms with E-state index < -0.39 is 5.91 Å². The van der Waals surface area contributed by atoms with Crippen molar-refractivity contribution in [1.82, 2.24) is 0 Å². The number of amides is 1. The predicted octanol–water partition coefficient (Wildman–Crippen LogP) is 1.41. The molecule has 0 saturated heterocycles. The van der Waals surface area contributed by atoms with Gasteiger partial charge >= 0.3 is 0 Å². The SMILES string of the molecule is CCc1cccc2c1C(=O)C(=O)N2C. The second-order valence-corrected chi connectivity index (χ2v) is 3.36. The van der Waals surface area contributed by atoms with E-state index in [0.29, 0.717) is 5.56 Å². The van der Waals surface area contributed by atoms with Crippen LogP contribution in [0.4, 0.5) is 5.69 Å².